The third kappa shape index (κ3) is 10.7. The smallest absolute Gasteiger partial charge is 0.122 e. The first-order valence-corrected chi connectivity index (χ1v) is 20.7. The van der Waals surface area contributed by atoms with E-state index in [1.165, 1.54) is 60.7 Å². The van der Waals surface area contributed by atoms with Gasteiger partial charge in [-0.1, -0.05) is 60.7 Å². The maximum atomic E-state index is 4.34. The van der Waals surface area contributed by atoms with Gasteiger partial charge in [0.1, 0.15) is 5.82 Å². The average molecular weight is 736 g/mol. The number of hydrogen-bond donors (Lipinski definition) is 1. The van der Waals surface area contributed by atoms with Crippen LogP contribution < -0.4 is 15.1 Å². The van der Waals surface area contributed by atoms with Crippen LogP contribution in [-0.4, -0.2) is 86.3 Å². The highest BCUT2D eigenvalue weighted by atomic mass is 15.3. The lowest BCUT2D eigenvalue weighted by molar-refractivity contribution is 0.0679. The molecule has 1 fully saturated rings. The molecule has 5 aliphatic rings. The summed E-state index contributed by atoms with van der Waals surface area (Å²) in [6, 6.07) is 18.6. The first kappa shape index (κ1) is 41.8. The molecule has 2 aromatic carbocycles. The van der Waals surface area contributed by atoms with Crippen molar-refractivity contribution in [2.24, 2.45) is 0 Å². The second kappa shape index (κ2) is 17.2. The van der Waals surface area contributed by atoms with Crippen molar-refractivity contribution in [2.45, 2.75) is 150 Å². The van der Waals surface area contributed by atoms with Gasteiger partial charge in [0.2, 0.25) is 0 Å². The van der Waals surface area contributed by atoms with Gasteiger partial charge >= 0.3 is 0 Å². The van der Waals surface area contributed by atoms with E-state index in [1.807, 2.05) is 6.20 Å². The molecule has 1 aromatic heterocycles. The van der Waals surface area contributed by atoms with E-state index in [0.29, 0.717) is 12.1 Å². The summed E-state index contributed by atoms with van der Waals surface area (Å²) >= 11 is 0. The summed E-state index contributed by atoms with van der Waals surface area (Å²) in [6.45, 7) is 35.1. The maximum absolute atomic E-state index is 4.34. The molecular formula is C47H73N7. The Morgan fingerprint density at radius 1 is 0.611 bits per heavy atom. The molecule has 7 nitrogen and oxygen atoms in total. The minimum absolute atomic E-state index is 0.247. The summed E-state index contributed by atoms with van der Waals surface area (Å²) in [5.74, 6) is 1.20. The van der Waals surface area contributed by atoms with Gasteiger partial charge < -0.3 is 19.7 Å². The van der Waals surface area contributed by atoms with E-state index in [1.54, 1.807) is 0 Å². The molecule has 2 atom stereocenters. The number of imidazole rings is 1. The van der Waals surface area contributed by atoms with E-state index in [9.17, 15) is 0 Å². The summed E-state index contributed by atoms with van der Waals surface area (Å²) in [5.41, 5.74) is 6.90. The summed E-state index contributed by atoms with van der Waals surface area (Å²) < 4.78 is 2.24. The average Bonchev–Trinajstić information content (AvgIpc) is 3.78. The van der Waals surface area contributed by atoms with Crippen molar-refractivity contribution in [3.8, 4) is 0 Å². The van der Waals surface area contributed by atoms with Gasteiger partial charge in [-0.15, -0.1) is 0 Å². The Bertz CT molecular complexity index is 1690. The number of allylic oxidation sites excluding steroid dienone is 2. The Morgan fingerprint density at radius 2 is 1.20 bits per heavy atom. The standard InChI is InChI=1S/C13H19N.C12H20N2.C12H17N.C10H17N3/c1-13(2,3)14-10-6-8-11-7-4-5-9-12(11)14;1-12(2,3)14-9-8-13-10-6-4-5-7-11(10)14;1-12(2,3)13-9-8-10-6-4-5-7-11(10)13;1-10(2,3)13-7-6-12-5-4-11-9(12)8-13/h4-5,7,9H,6,8,10H2,1-3H3;4-7,10-11,13H,8-9H2,1-3H3;4-7H,8-9H2,1-3H3;4-5H,6-8H2,1-3H3. The molecule has 0 saturated carbocycles. The van der Waals surface area contributed by atoms with Gasteiger partial charge in [0.05, 0.1) is 6.54 Å². The fraction of sp³-hybridized carbons (Fsp3) is 0.596. The number of fused-ring (bicyclic) bond motifs is 4. The first-order valence-electron chi connectivity index (χ1n) is 20.7. The monoisotopic (exact) mass is 736 g/mol. The topological polar surface area (TPSA) is 42.8 Å². The van der Waals surface area contributed by atoms with E-state index in [4.69, 9.17) is 0 Å². The number of aromatic nitrogens is 2. The summed E-state index contributed by atoms with van der Waals surface area (Å²) in [5, 5.41) is 3.54. The molecule has 1 aliphatic carbocycles. The highest BCUT2D eigenvalue weighted by molar-refractivity contribution is 5.59. The van der Waals surface area contributed by atoms with Gasteiger partial charge in [-0.2, -0.15) is 0 Å². The van der Waals surface area contributed by atoms with Crippen molar-refractivity contribution < 1.29 is 0 Å². The normalized spacial score (nSPS) is 21.3. The largest absolute Gasteiger partial charge is 0.366 e. The third-order valence-electron chi connectivity index (χ3n) is 11.4. The van der Waals surface area contributed by atoms with E-state index in [-0.39, 0.29) is 22.2 Å². The lowest BCUT2D eigenvalue weighted by atomic mass is 9.93. The maximum Gasteiger partial charge on any atom is 0.122 e. The van der Waals surface area contributed by atoms with Gasteiger partial charge in [0.25, 0.3) is 0 Å². The third-order valence-corrected chi connectivity index (χ3v) is 11.4. The van der Waals surface area contributed by atoms with Crippen LogP contribution in [0.1, 0.15) is 106 Å². The molecule has 0 bridgehead atoms. The van der Waals surface area contributed by atoms with Gasteiger partial charge in [-0.05, 0) is 126 Å². The SMILES string of the molecule is CC(C)(C)N1CCCc2ccccc21.CC(C)(C)N1CCNC2C=CC=CC21.CC(C)(C)N1CCc2ccccc21.CC(C)(C)N1CCn2ccnc2C1. The predicted molar refractivity (Wildman–Crippen MR) is 232 cm³/mol. The number of nitrogens with zero attached hydrogens (tertiary/aromatic N) is 6. The number of hydrogen-bond acceptors (Lipinski definition) is 6. The Labute approximate surface area is 329 Å². The Balaban J connectivity index is 0.000000139. The number of aryl methyl sites for hydroxylation is 1. The fourth-order valence-corrected chi connectivity index (χ4v) is 8.38. The second-order valence-electron chi connectivity index (χ2n) is 19.5. The lowest BCUT2D eigenvalue weighted by Crippen LogP contribution is -2.62. The fourth-order valence-electron chi connectivity index (χ4n) is 8.38. The van der Waals surface area contributed by atoms with Crippen LogP contribution >= 0.6 is 0 Å². The molecule has 7 heteroatoms. The second-order valence-corrected chi connectivity index (χ2v) is 19.5. The van der Waals surface area contributed by atoms with Crippen molar-refractivity contribution in [1.82, 2.24) is 24.7 Å². The zero-order valence-electron chi connectivity index (χ0n) is 36.0. The van der Waals surface area contributed by atoms with Crippen molar-refractivity contribution in [3.63, 3.8) is 0 Å². The van der Waals surface area contributed by atoms with Crippen LogP contribution in [0.3, 0.4) is 0 Å². The van der Waals surface area contributed by atoms with Gasteiger partial charge in [-0.3, -0.25) is 9.80 Å². The van der Waals surface area contributed by atoms with Gasteiger partial charge in [0, 0.05) is 97.3 Å². The molecular weight excluding hydrogens is 663 g/mol. The van der Waals surface area contributed by atoms with Crippen molar-refractivity contribution in [2.75, 3.05) is 42.5 Å². The zero-order chi connectivity index (χ0) is 39.3. The minimum Gasteiger partial charge on any atom is -0.366 e. The van der Waals surface area contributed by atoms with Crippen LogP contribution in [-0.2, 0) is 25.9 Å². The minimum atomic E-state index is 0.247. The molecule has 8 rings (SSSR count). The van der Waals surface area contributed by atoms with Crippen molar-refractivity contribution >= 4 is 11.4 Å². The first-order chi connectivity index (χ1) is 25.3. The molecule has 1 N–H and O–H groups in total. The quantitative estimate of drug-likeness (QED) is 0.249. The van der Waals surface area contributed by atoms with E-state index in [2.05, 4.69) is 197 Å². The molecule has 0 amide bonds. The van der Waals surface area contributed by atoms with E-state index >= 15 is 0 Å². The van der Waals surface area contributed by atoms with E-state index < -0.39 is 0 Å². The van der Waals surface area contributed by atoms with Gasteiger partial charge in [-0.25, -0.2) is 4.98 Å². The summed E-state index contributed by atoms with van der Waals surface area (Å²) in [7, 11) is 0. The Kier molecular flexibility index (Phi) is 13.3. The predicted octanol–water partition coefficient (Wildman–Crippen LogP) is 9.14. The van der Waals surface area contributed by atoms with Crippen molar-refractivity contribution in [3.05, 3.63) is 102 Å². The molecule has 2 unspecified atom stereocenters. The van der Waals surface area contributed by atoms with Crippen LogP contribution in [0.5, 0.6) is 0 Å². The number of anilines is 2. The van der Waals surface area contributed by atoms with Crippen LogP contribution in [0.15, 0.2) is 85.2 Å². The zero-order valence-corrected chi connectivity index (χ0v) is 36.0. The van der Waals surface area contributed by atoms with Gasteiger partial charge in [0.15, 0.2) is 0 Å². The van der Waals surface area contributed by atoms with Crippen molar-refractivity contribution in [1.29, 1.82) is 0 Å². The molecule has 5 heterocycles. The number of para-hydroxylation sites is 2. The Hall–Kier alpha value is -3.39. The molecule has 0 radical (unpaired) electrons. The molecule has 296 valence electrons. The lowest BCUT2D eigenvalue weighted by Gasteiger charge is -2.47. The van der Waals surface area contributed by atoms with Crippen LogP contribution in [0.4, 0.5) is 11.4 Å². The Morgan fingerprint density at radius 3 is 1.81 bits per heavy atom. The highest BCUT2D eigenvalue weighted by Crippen LogP contribution is 2.34. The van der Waals surface area contributed by atoms with Crippen LogP contribution in [0, 0.1) is 0 Å². The number of rotatable bonds is 0. The molecule has 1 saturated heterocycles. The summed E-state index contributed by atoms with van der Waals surface area (Å²) in [4.78, 5) is 14.4. The van der Waals surface area contributed by atoms with Crippen LogP contribution in [0.2, 0.25) is 0 Å². The molecule has 3 aromatic rings. The molecule has 54 heavy (non-hydrogen) atoms. The number of nitrogens with one attached hydrogen (secondary N) is 1. The van der Waals surface area contributed by atoms with E-state index in [0.717, 1.165) is 32.7 Å². The van der Waals surface area contributed by atoms with Crippen LogP contribution in [0.25, 0.3) is 0 Å². The number of piperazine rings is 1. The number of benzene rings is 2. The summed E-state index contributed by atoms with van der Waals surface area (Å²) in [6.07, 6.45) is 16.6. The highest BCUT2D eigenvalue weighted by Gasteiger charge is 2.35. The molecule has 4 aliphatic heterocycles. The molecule has 0 spiro atoms.